The lowest BCUT2D eigenvalue weighted by molar-refractivity contribution is 0.132. The molecule has 0 radical (unpaired) electrons. The van der Waals surface area contributed by atoms with E-state index in [-0.39, 0.29) is 30.7 Å². The molecule has 1 atom stereocenters. The summed E-state index contributed by atoms with van der Waals surface area (Å²) in [4.78, 5) is 11.8. The van der Waals surface area contributed by atoms with E-state index in [0.717, 1.165) is 12.8 Å². The zero-order valence-electron chi connectivity index (χ0n) is 15.6. The molecule has 0 amide bonds. The number of ether oxygens (including phenoxy) is 1. The minimum Gasteiger partial charge on any atom is -0.472 e. The Hall–Kier alpha value is -1.88. The summed E-state index contributed by atoms with van der Waals surface area (Å²) in [6, 6.07) is 8.19. The van der Waals surface area contributed by atoms with E-state index < -0.39 is 9.84 Å². The van der Waals surface area contributed by atoms with Crippen molar-refractivity contribution >= 4 is 49.3 Å². The van der Waals surface area contributed by atoms with Crippen molar-refractivity contribution in [3.63, 3.8) is 0 Å². The van der Waals surface area contributed by atoms with Crippen molar-refractivity contribution in [1.82, 2.24) is 15.0 Å². The molecule has 28 heavy (non-hydrogen) atoms. The van der Waals surface area contributed by atoms with Crippen molar-refractivity contribution in [1.29, 1.82) is 0 Å². The molecule has 1 saturated carbocycles. The highest BCUT2D eigenvalue weighted by Crippen LogP contribution is 2.45. The van der Waals surface area contributed by atoms with E-state index in [9.17, 15) is 8.42 Å². The number of nitrogens with two attached hydrogens (primary N) is 1. The van der Waals surface area contributed by atoms with Crippen LogP contribution in [0.3, 0.4) is 0 Å². The molecule has 0 aliphatic heterocycles. The van der Waals surface area contributed by atoms with Gasteiger partial charge in [0.15, 0.2) is 0 Å². The lowest BCUT2D eigenvalue weighted by Gasteiger charge is -2.40. The molecule has 1 aromatic carbocycles. The van der Waals surface area contributed by atoms with Crippen molar-refractivity contribution < 1.29 is 13.2 Å². The van der Waals surface area contributed by atoms with Crippen LogP contribution in [0.25, 0.3) is 11.0 Å². The molecule has 0 bridgehead atoms. The largest absolute Gasteiger partial charge is 0.472 e. The first-order valence-corrected chi connectivity index (χ1v) is 11.6. The monoisotopic (exact) mass is 512 g/mol. The van der Waals surface area contributed by atoms with E-state index in [1.165, 1.54) is 18.6 Å². The van der Waals surface area contributed by atoms with Crippen LogP contribution in [0.1, 0.15) is 32.0 Å². The normalized spacial score (nSPS) is 17.2. The Morgan fingerprint density at radius 1 is 1.25 bits per heavy atom. The van der Waals surface area contributed by atoms with Gasteiger partial charge >= 0.3 is 0 Å². The summed E-state index contributed by atoms with van der Waals surface area (Å²) in [6.07, 6.45) is 3.28. The van der Waals surface area contributed by atoms with Gasteiger partial charge in [0.1, 0.15) is 33.7 Å². The van der Waals surface area contributed by atoms with Crippen LogP contribution in [-0.2, 0) is 9.84 Å². The second kappa shape index (κ2) is 6.87. The topological polar surface area (TPSA) is 111 Å². The predicted octanol–water partition coefficient (Wildman–Crippen LogP) is 3.81. The number of nitrogens with zero attached hydrogens (tertiary/aromatic N) is 2. The van der Waals surface area contributed by atoms with Gasteiger partial charge in [-0.3, -0.25) is 0 Å². The second-order valence-corrected chi connectivity index (χ2v) is 11.2. The van der Waals surface area contributed by atoms with Crippen molar-refractivity contribution in [2.45, 2.75) is 52.4 Å². The Kier molecular flexibility index (Phi) is 4.77. The number of hydrogen-bond acceptors (Lipinski definition) is 6. The maximum Gasteiger partial charge on any atom is 0.242 e. The van der Waals surface area contributed by atoms with Gasteiger partial charge in [-0.05, 0) is 38.8 Å². The average molecular weight is 512 g/mol. The van der Waals surface area contributed by atoms with Gasteiger partial charge in [-0.25, -0.2) is 13.4 Å². The summed E-state index contributed by atoms with van der Waals surface area (Å²) >= 11 is 2.44. The first-order valence-electron chi connectivity index (χ1n) is 9.04. The number of benzene rings is 1. The summed E-state index contributed by atoms with van der Waals surface area (Å²) in [5.41, 5.74) is 6.75. The smallest absolute Gasteiger partial charge is 0.242 e. The number of fused-ring (bicyclic) bond motifs is 1. The number of sulfone groups is 1. The molecule has 1 unspecified atom stereocenters. The zero-order valence-corrected chi connectivity index (χ0v) is 18.5. The maximum atomic E-state index is 13.2. The lowest BCUT2D eigenvalue weighted by Crippen LogP contribution is -2.44. The van der Waals surface area contributed by atoms with Crippen LogP contribution in [0.4, 0.5) is 5.82 Å². The van der Waals surface area contributed by atoms with Crippen LogP contribution in [0.2, 0.25) is 0 Å². The fourth-order valence-corrected chi connectivity index (χ4v) is 5.80. The molecule has 1 aliphatic rings. The highest BCUT2D eigenvalue weighted by atomic mass is 127. The lowest BCUT2D eigenvalue weighted by atomic mass is 9.81. The van der Waals surface area contributed by atoms with E-state index in [1.807, 2.05) is 6.92 Å². The number of nitrogen functional groups attached to an aromatic ring is 1. The fourth-order valence-electron chi connectivity index (χ4n) is 3.41. The summed E-state index contributed by atoms with van der Waals surface area (Å²) in [5.74, 6) is 0.789. The Balaban J connectivity index is 1.85. The maximum absolute atomic E-state index is 13.2. The standard InChI is InChI=1S/C19H21IN4O3S/c1-11(19(20)9-6-10-19)27-18-15-14(22-12(2)23-18)16(17(21)24-15)28(25,26)13-7-4-3-5-8-13/h3-5,7-8,11,24H,6,9-10,21H2,1-2H3. The quantitative estimate of drug-likeness (QED) is 0.398. The van der Waals surface area contributed by atoms with E-state index in [0.29, 0.717) is 17.2 Å². The van der Waals surface area contributed by atoms with Crippen LogP contribution >= 0.6 is 22.6 Å². The highest BCUT2D eigenvalue weighted by Gasteiger charge is 2.41. The number of alkyl halides is 1. The van der Waals surface area contributed by atoms with Gasteiger partial charge in [0, 0.05) is 0 Å². The number of aryl methyl sites for hydroxylation is 1. The van der Waals surface area contributed by atoms with Crippen LogP contribution in [0.15, 0.2) is 40.1 Å². The summed E-state index contributed by atoms with van der Waals surface area (Å²) in [6.45, 7) is 3.73. The Morgan fingerprint density at radius 2 is 1.93 bits per heavy atom. The molecular weight excluding hydrogens is 491 g/mol. The third-order valence-electron chi connectivity index (χ3n) is 5.23. The predicted molar refractivity (Wildman–Crippen MR) is 116 cm³/mol. The first kappa shape index (κ1) is 19.4. The molecule has 4 rings (SSSR count). The van der Waals surface area contributed by atoms with E-state index in [2.05, 4.69) is 37.5 Å². The zero-order chi connectivity index (χ0) is 20.1. The molecule has 2 aromatic heterocycles. The van der Waals surface area contributed by atoms with E-state index in [4.69, 9.17) is 10.5 Å². The minimum atomic E-state index is -3.84. The van der Waals surface area contributed by atoms with Gasteiger partial charge in [0.25, 0.3) is 0 Å². The summed E-state index contributed by atoms with van der Waals surface area (Å²) in [5, 5.41) is 0. The highest BCUT2D eigenvalue weighted by molar-refractivity contribution is 14.1. The van der Waals surface area contributed by atoms with Crippen LogP contribution in [-0.4, -0.2) is 32.9 Å². The van der Waals surface area contributed by atoms with Gasteiger partial charge in [-0.15, -0.1) is 0 Å². The van der Waals surface area contributed by atoms with Gasteiger partial charge in [-0.2, -0.15) is 4.98 Å². The first-order chi connectivity index (χ1) is 13.2. The number of aromatic amines is 1. The van der Waals surface area contributed by atoms with Crippen LogP contribution in [0.5, 0.6) is 5.88 Å². The molecule has 0 spiro atoms. The van der Waals surface area contributed by atoms with Crippen molar-refractivity contribution in [3.05, 3.63) is 36.2 Å². The molecule has 1 aliphatic carbocycles. The van der Waals surface area contributed by atoms with Crippen molar-refractivity contribution in [3.8, 4) is 5.88 Å². The molecular formula is C19H21IN4O3S. The summed E-state index contributed by atoms with van der Waals surface area (Å²) < 4.78 is 32.6. The average Bonchev–Trinajstić information content (AvgIpc) is 2.97. The van der Waals surface area contributed by atoms with Gasteiger partial charge in [-0.1, -0.05) is 47.2 Å². The van der Waals surface area contributed by atoms with Gasteiger partial charge in [0.2, 0.25) is 15.7 Å². The number of aromatic nitrogens is 3. The molecule has 148 valence electrons. The van der Waals surface area contributed by atoms with Crippen molar-refractivity contribution in [2.75, 3.05) is 5.73 Å². The number of halogens is 1. The molecule has 3 aromatic rings. The Morgan fingerprint density at radius 3 is 2.54 bits per heavy atom. The molecule has 0 saturated heterocycles. The number of nitrogens with one attached hydrogen (secondary N) is 1. The number of hydrogen-bond donors (Lipinski definition) is 2. The van der Waals surface area contributed by atoms with Crippen LogP contribution < -0.4 is 10.5 Å². The third kappa shape index (κ3) is 3.14. The SMILES string of the molecule is Cc1nc(OC(C)C2(I)CCC2)c2[nH]c(N)c(S(=O)(=O)c3ccccc3)c2n1. The van der Waals surface area contributed by atoms with Gasteiger partial charge in [0.05, 0.1) is 8.32 Å². The third-order valence-corrected chi connectivity index (χ3v) is 9.03. The number of anilines is 1. The second-order valence-electron chi connectivity index (χ2n) is 7.13. The van der Waals surface area contributed by atoms with Crippen LogP contribution in [0, 0.1) is 6.92 Å². The Labute approximate surface area is 177 Å². The van der Waals surface area contributed by atoms with E-state index in [1.54, 1.807) is 25.1 Å². The number of rotatable bonds is 5. The molecule has 9 heteroatoms. The summed E-state index contributed by atoms with van der Waals surface area (Å²) in [7, 11) is -3.84. The molecule has 2 heterocycles. The minimum absolute atomic E-state index is 0.0316. The Bertz CT molecular complexity index is 1140. The fraction of sp³-hybridized carbons (Fsp3) is 0.368. The molecule has 7 nitrogen and oxygen atoms in total. The number of H-pyrrole nitrogens is 1. The molecule has 3 N–H and O–H groups in total. The molecule has 1 fully saturated rings. The van der Waals surface area contributed by atoms with E-state index >= 15 is 0 Å². The van der Waals surface area contributed by atoms with Crippen molar-refractivity contribution in [2.24, 2.45) is 0 Å². The van der Waals surface area contributed by atoms with Gasteiger partial charge < -0.3 is 15.5 Å².